The van der Waals surface area contributed by atoms with Crippen molar-refractivity contribution >= 4 is 31.8 Å². The lowest BCUT2D eigenvalue weighted by Crippen LogP contribution is -2.31. The minimum Gasteiger partial charge on any atom is -0.487 e. The van der Waals surface area contributed by atoms with Crippen LogP contribution in [0.15, 0.2) is 46.2 Å². The highest BCUT2D eigenvalue weighted by molar-refractivity contribution is 9.10. The summed E-state index contributed by atoms with van der Waals surface area (Å²) in [6.45, 7) is 0.641. The Morgan fingerprint density at radius 1 is 1.39 bits per heavy atom. The van der Waals surface area contributed by atoms with E-state index in [-0.39, 0.29) is 23.4 Å². The van der Waals surface area contributed by atoms with Crippen molar-refractivity contribution in [2.24, 2.45) is 0 Å². The van der Waals surface area contributed by atoms with Crippen LogP contribution in [-0.4, -0.2) is 41.9 Å². The Hall–Kier alpha value is -1.71. The molecule has 0 radical (unpaired) electrons. The predicted molar refractivity (Wildman–Crippen MR) is 88.4 cm³/mol. The molecule has 122 valence electrons. The summed E-state index contributed by atoms with van der Waals surface area (Å²) in [5.41, 5.74) is 5.72. The van der Waals surface area contributed by atoms with E-state index in [9.17, 15) is 8.42 Å². The van der Waals surface area contributed by atoms with Gasteiger partial charge >= 0.3 is 0 Å². The number of halogens is 1. The summed E-state index contributed by atoms with van der Waals surface area (Å²) in [7, 11) is -3.70. The SMILES string of the molecule is Nc1ncc(Br)cc1S(=O)(=O)N1CC[C@@H](Oc2cccnc2)C1. The minimum atomic E-state index is -3.70. The Morgan fingerprint density at radius 3 is 2.96 bits per heavy atom. The fourth-order valence-corrected chi connectivity index (χ4v) is 4.46. The molecule has 0 unspecified atom stereocenters. The van der Waals surface area contributed by atoms with Gasteiger partial charge in [-0.15, -0.1) is 0 Å². The fourth-order valence-electron chi connectivity index (χ4n) is 2.40. The lowest BCUT2D eigenvalue weighted by Gasteiger charge is -2.18. The molecule has 0 amide bonds. The van der Waals surface area contributed by atoms with Crippen LogP contribution in [0.25, 0.3) is 0 Å². The second kappa shape index (κ2) is 6.42. The van der Waals surface area contributed by atoms with Gasteiger partial charge in [-0.3, -0.25) is 4.98 Å². The van der Waals surface area contributed by atoms with Crippen LogP contribution in [0.2, 0.25) is 0 Å². The highest BCUT2D eigenvalue weighted by atomic mass is 79.9. The minimum absolute atomic E-state index is 0.00824. The maximum atomic E-state index is 12.7. The smallest absolute Gasteiger partial charge is 0.246 e. The molecular formula is C14H15BrN4O3S. The fraction of sp³-hybridized carbons (Fsp3) is 0.286. The molecule has 3 heterocycles. The molecule has 2 N–H and O–H groups in total. The summed E-state index contributed by atoms with van der Waals surface area (Å²) >= 11 is 3.22. The lowest BCUT2D eigenvalue weighted by atomic mass is 10.3. The summed E-state index contributed by atoms with van der Waals surface area (Å²) in [4.78, 5) is 7.87. The molecule has 0 spiro atoms. The van der Waals surface area contributed by atoms with E-state index in [4.69, 9.17) is 10.5 Å². The molecule has 1 atom stereocenters. The van der Waals surface area contributed by atoms with Crippen molar-refractivity contribution in [3.05, 3.63) is 41.3 Å². The predicted octanol–water partition coefficient (Wildman–Crippen LogP) is 1.66. The Bertz CT molecular complexity index is 801. The third-order valence-electron chi connectivity index (χ3n) is 3.51. The van der Waals surface area contributed by atoms with Gasteiger partial charge < -0.3 is 10.5 Å². The third kappa shape index (κ3) is 3.46. The molecule has 2 aromatic rings. The number of ether oxygens (including phenoxy) is 1. The van der Waals surface area contributed by atoms with Crippen LogP contribution in [0, 0.1) is 0 Å². The largest absolute Gasteiger partial charge is 0.487 e. The first-order chi connectivity index (χ1) is 11.0. The molecule has 3 rings (SSSR count). The van der Waals surface area contributed by atoms with Crippen LogP contribution in [0.5, 0.6) is 5.75 Å². The lowest BCUT2D eigenvalue weighted by molar-refractivity contribution is 0.214. The topological polar surface area (TPSA) is 98.4 Å². The van der Waals surface area contributed by atoms with Gasteiger partial charge in [0, 0.05) is 23.4 Å². The summed E-state index contributed by atoms with van der Waals surface area (Å²) in [6.07, 6.45) is 5.12. The van der Waals surface area contributed by atoms with Gasteiger partial charge in [-0.1, -0.05) is 0 Å². The van der Waals surface area contributed by atoms with Crippen LogP contribution in [-0.2, 0) is 10.0 Å². The zero-order valence-electron chi connectivity index (χ0n) is 12.1. The van der Waals surface area contributed by atoms with Crippen LogP contribution in [0.4, 0.5) is 5.82 Å². The number of sulfonamides is 1. The molecule has 0 aromatic carbocycles. The standard InChI is InChI=1S/C14H15BrN4O3S/c15-10-6-13(14(16)18-7-10)23(20,21)19-5-3-12(9-19)22-11-2-1-4-17-8-11/h1-2,4,6-8,12H,3,5,9H2,(H2,16,18)/t12-/m1/s1. The summed E-state index contributed by atoms with van der Waals surface area (Å²) in [6, 6.07) is 5.03. The molecule has 2 aromatic heterocycles. The van der Waals surface area contributed by atoms with E-state index in [0.29, 0.717) is 23.2 Å². The van der Waals surface area contributed by atoms with Gasteiger partial charge in [-0.25, -0.2) is 13.4 Å². The number of hydrogen-bond acceptors (Lipinski definition) is 6. The molecule has 1 fully saturated rings. The van der Waals surface area contributed by atoms with Gasteiger partial charge in [-0.05, 0) is 40.5 Å². The van der Waals surface area contributed by atoms with E-state index in [0.717, 1.165) is 0 Å². The maximum Gasteiger partial charge on any atom is 0.246 e. The molecular weight excluding hydrogens is 384 g/mol. The van der Waals surface area contributed by atoms with Crippen molar-refractivity contribution in [3.63, 3.8) is 0 Å². The van der Waals surface area contributed by atoms with E-state index in [1.165, 1.54) is 16.6 Å². The molecule has 0 aliphatic carbocycles. The van der Waals surface area contributed by atoms with Crippen LogP contribution in [0.3, 0.4) is 0 Å². The Morgan fingerprint density at radius 2 is 2.22 bits per heavy atom. The van der Waals surface area contributed by atoms with E-state index < -0.39 is 10.0 Å². The van der Waals surface area contributed by atoms with Crippen molar-refractivity contribution in [1.82, 2.24) is 14.3 Å². The average Bonchev–Trinajstić information content (AvgIpc) is 3.00. The first-order valence-electron chi connectivity index (χ1n) is 6.94. The van der Waals surface area contributed by atoms with Gasteiger partial charge in [0.1, 0.15) is 22.6 Å². The number of nitrogens with zero attached hydrogens (tertiary/aromatic N) is 3. The maximum absolute atomic E-state index is 12.7. The van der Waals surface area contributed by atoms with Crippen molar-refractivity contribution in [1.29, 1.82) is 0 Å². The molecule has 23 heavy (non-hydrogen) atoms. The summed E-state index contributed by atoms with van der Waals surface area (Å²) < 4.78 is 33.1. The van der Waals surface area contributed by atoms with E-state index in [2.05, 4.69) is 25.9 Å². The van der Waals surface area contributed by atoms with Crippen LogP contribution in [0.1, 0.15) is 6.42 Å². The van der Waals surface area contributed by atoms with Crippen LogP contribution < -0.4 is 10.5 Å². The first kappa shape index (κ1) is 16.2. The zero-order valence-corrected chi connectivity index (χ0v) is 14.5. The van der Waals surface area contributed by atoms with Gasteiger partial charge in [0.15, 0.2) is 0 Å². The van der Waals surface area contributed by atoms with Gasteiger partial charge in [-0.2, -0.15) is 4.31 Å². The number of nitrogens with two attached hydrogens (primary N) is 1. The second-order valence-corrected chi connectivity index (χ2v) is 7.94. The molecule has 0 saturated carbocycles. The Labute approximate surface area is 142 Å². The van der Waals surface area contributed by atoms with E-state index in [1.807, 2.05) is 0 Å². The van der Waals surface area contributed by atoms with E-state index in [1.54, 1.807) is 24.5 Å². The number of pyridine rings is 2. The molecule has 1 saturated heterocycles. The molecule has 1 aliphatic rings. The van der Waals surface area contributed by atoms with Gasteiger partial charge in [0.25, 0.3) is 0 Å². The number of aromatic nitrogens is 2. The number of rotatable bonds is 4. The normalized spacial score (nSPS) is 18.9. The first-order valence-corrected chi connectivity index (χ1v) is 9.18. The van der Waals surface area contributed by atoms with Crippen LogP contribution >= 0.6 is 15.9 Å². The molecule has 7 nitrogen and oxygen atoms in total. The molecule has 1 aliphatic heterocycles. The third-order valence-corrected chi connectivity index (χ3v) is 5.84. The number of nitrogen functional groups attached to an aromatic ring is 1. The Balaban J connectivity index is 1.76. The number of hydrogen-bond donors (Lipinski definition) is 1. The molecule has 0 bridgehead atoms. The highest BCUT2D eigenvalue weighted by Gasteiger charge is 2.35. The monoisotopic (exact) mass is 398 g/mol. The Kier molecular flexibility index (Phi) is 4.51. The van der Waals surface area contributed by atoms with Crippen molar-refractivity contribution in [3.8, 4) is 5.75 Å². The number of anilines is 1. The van der Waals surface area contributed by atoms with E-state index >= 15 is 0 Å². The molecule has 9 heteroatoms. The quantitative estimate of drug-likeness (QED) is 0.840. The highest BCUT2D eigenvalue weighted by Crippen LogP contribution is 2.27. The van der Waals surface area contributed by atoms with Crippen molar-refractivity contribution in [2.45, 2.75) is 17.4 Å². The van der Waals surface area contributed by atoms with Gasteiger partial charge in [0.05, 0.1) is 12.7 Å². The second-order valence-electron chi connectivity index (χ2n) is 5.12. The van der Waals surface area contributed by atoms with Crippen molar-refractivity contribution < 1.29 is 13.2 Å². The zero-order chi connectivity index (χ0) is 16.4. The van der Waals surface area contributed by atoms with Gasteiger partial charge in [0.2, 0.25) is 10.0 Å². The summed E-state index contributed by atoms with van der Waals surface area (Å²) in [5.74, 6) is 0.616. The van der Waals surface area contributed by atoms with Crippen molar-refractivity contribution in [2.75, 3.05) is 18.8 Å². The average molecular weight is 399 g/mol. The summed E-state index contributed by atoms with van der Waals surface area (Å²) in [5, 5.41) is 0.